The van der Waals surface area contributed by atoms with E-state index in [4.69, 9.17) is 28.5 Å². The molecule has 0 saturated heterocycles. The van der Waals surface area contributed by atoms with E-state index < -0.39 is 23.4 Å². The molecule has 0 aliphatic rings. The Labute approximate surface area is 135 Å². The van der Waals surface area contributed by atoms with Crippen molar-refractivity contribution in [2.45, 2.75) is 6.10 Å². The maximum absolute atomic E-state index is 13.7. The van der Waals surface area contributed by atoms with Gasteiger partial charge in [-0.1, -0.05) is 23.2 Å². The Hall–Kier alpha value is -1.87. The van der Waals surface area contributed by atoms with E-state index in [-0.39, 0.29) is 12.1 Å². The maximum Gasteiger partial charge on any atom is 0.150 e. The Morgan fingerprint density at radius 1 is 1.09 bits per heavy atom. The molecule has 2 aromatic rings. The quantitative estimate of drug-likeness (QED) is 0.871. The summed E-state index contributed by atoms with van der Waals surface area (Å²) in [5.74, 6) is -1.82. The highest BCUT2D eigenvalue weighted by Gasteiger charge is 2.14. The maximum atomic E-state index is 13.7. The van der Waals surface area contributed by atoms with Gasteiger partial charge in [0.1, 0.15) is 5.69 Å². The van der Waals surface area contributed by atoms with E-state index in [1.54, 1.807) is 6.07 Å². The topological polar surface area (TPSA) is 56.0 Å². The van der Waals surface area contributed by atoms with E-state index >= 15 is 0 Å². The third kappa shape index (κ3) is 3.86. The predicted molar refractivity (Wildman–Crippen MR) is 81.0 cm³/mol. The van der Waals surface area contributed by atoms with Crippen LogP contribution in [0.2, 0.25) is 10.0 Å². The SMILES string of the molecule is N#Cc1cc(F)c(NCC(O)c2cc(Cl)cc(Cl)c2)c(F)c1. The first-order valence-electron chi connectivity index (χ1n) is 6.17. The minimum absolute atomic E-state index is 0.122. The molecule has 0 saturated carbocycles. The lowest BCUT2D eigenvalue weighted by Crippen LogP contribution is -2.14. The van der Waals surface area contributed by atoms with E-state index in [0.29, 0.717) is 15.6 Å². The van der Waals surface area contributed by atoms with Crippen molar-refractivity contribution in [3.05, 3.63) is 63.1 Å². The Morgan fingerprint density at radius 3 is 2.14 bits per heavy atom. The summed E-state index contributed by atoms with van der Waals surface area (Å²) in [6.07, 6.45) is -1.06. The number of halogens is 4. The van der Waals surface area contributed by atoms with Crippen molar-refractivity contribution in [3.8, 4) is 6.07 Å². The summed E-state index contributed by atoms with van der Waals surface area (Å²) in [5, 5.41) is 21.8. The van der Waals surface area contributed by atoms with Crippen LogP contribution in [0, 0.1) is 23.0 Å². The molecule has 0 radical (unpaired) electrons. The first-order chi connectivity index (χ1) is 10.4. The van der Waals surface area contributed by atoms with Crippen LogP contribution in [-0.4, -0.2) is 11.7 Å². The summed E-state index contributed by atoms with van der Waals surface area (Å²) in [7, 11) is 0. The van der Waals surface area contributed by atoms with Gasteiger partial charge >= 0.3 is 0 Å². The molecule has 3 nitrogen and oxygen atoms in total. The fourth-order valence-electron chi connectivity index (χ4n) is 1.89. The van der Waals surface area contributed by atoms with Gasteiger partial charge in [-0.05, 0) is 35.9 Å². The van der Waals surface area contributed by atoms with Crippen molar-refractivity contribution in [2.24, 2.45) is 0 Å². The Bertz CT molecular complexity index is 704. The molecule has 0 aromatic heterocycles. The van der Waals surface area contributed by atoms with Gasteiger partial charge in [-0.25, -0.2) is 8.78 Å². The molecule has 0 heterocycles. The standard InChI is InChI=1S/C15H10Cl2F2N2O/c16-10-3-9(4-11(17)5-10)14(22)7-21-15-12(18)1-8(6-20)2-13(15)19/h1-5,14,21-22H,7H2. The Morgan fingerprint density at radius 2 is 1.64 bits per heavy atom. The van der Waals surface area contributed by atoms with Crippen molar-refractivity contribution in [2.75, 3.05) is 11.9 Å². The Balaban J connectivity index is 2.15. The van der Waals surface area contributed by atoms with Crippen LogP contribution in [0.15, 0.2) is 30.3 Å². The fraction of sp³-hybridized carbons (Fsp3) is 0.133. The molecular weight excluding hydrogens is 333 g/mol. The predicted octanol–water partition coefficient (Wildman–Crippen LogP) is 4.29. The molecule has 2 aromatic carbocycles. The molecule has 1 unspecified atom stereocenters. The highest BCUT2D eigenvalue weighted by atomic mass is 35.5. The second-order valence-corrected chi connectivity index (χ2v) is 5.40. The highest BCUT2D eigenvalue weighted by Crippen LogP contribution is 2.25. The van der Waals surface area contributed by atoms with Crippen LogP contribution in [0.3, 0.4) is 0 Å². The minimum Gasteiger partial charge on any atom is -0.387 e. The van der Waals surface area contributed by atoms with Crippen LogP contribution in [0.5, 0.6) is 0 Å². The van der Waals surface area contributed by atoms with E-state index in [0.717, 1.165) is 12.1 Å². The molecule has 0 aliphatic heterocycles. The van der Waals surface area contributed by atoms with Gasteiger partial charge in [0.05, 0.1) is 17.7 Å². The molecule has 0 aliphatic carbocycles. The van der Waals surface area contributed by atoms with Gasteiger partial charge in [-0.15, -0.1) is 0 Å². The zero-order valence-corrected chi connectivity index (χ0v) is 12.6. The molecule has 0 spiro atoms. The lowest BCUT2D eigenvalue weighted by atomic mass is 10.1. The lowest BCUT2D eigenvalue weighted by Gasteiger charge is -2.15. The number of aliphatic hydroxyl groups is 1. The van der Waals surface area contributed by atoms with Crippen LogP contribution in [0.25, 0.3) is 0 Å². The van der Waals surface area contributed by atoms with Crippen LogP contribution in [0.1, 0.15) is 17.2 Å². The normalized spacial score (nSPS) is 11.8. The summed E-state index contributed by atoms with van der Waals surface area (Å²) >= 11 is 11.7. The molecule has 7 heteroatoms. The van der Waals surface area contributed by atoms with Crippen LogP contribution in [0.4, 0.5) is 14.5 Å². The minimum atomic E-state index is -1.06. The monoisotopic (exact) mass is 342 g/mol. The third-order valence-corrected chi connectivity index (χ3v) is 3.35. The fourth-order valence-corrected chi connectivity index (χ4v) is 2.43. The van der Waals surface area contributed by atoms with Gasteiger partial charge in [0.2, 0.25) is 0 Å². The summed E-state index contributed by atoms with van der Waals surface area (Å²) in [6, 6.07) is 7.99. The van der Waals surface area contributed by atoms with Gasteiger partial charge in [0.15, 0.2) is 11.6 Å². The molecular formula is C15H10Cl2F2N2O. The van der Waals surface area contributed by atoms with E-state index in [1.807, 2.05) is 0 Å². The van der Waals surface area contributed by atoms with Crippen molar-refractivity contribution < 1.29 is 13.9 Å². The van der Waals surface area contributed by atoms with Gasteiger partial charge in [0, 0.05) is 16.6 Å². The molecule has 1 atom stereocenters. The molecule has 0 fully saturated rings. The van der Waals surface area contributed by atoms with Crippen molar-refractivity contribution >= 4 is 28.9 Å². The number of anilines is 1. The van der Waals surface area contributed by atoms with Gasteiger partial charge < -0.3 is 10.4 Å². The van der Waals surface area contributed by atoms with Crippen molar-refractivity contribution in [1.29, 1.82) is 5.26 Å². The first kappa shape index (κ1) is 16.5. The van der Waals surface area contributed by atoms with Crippen LogP contribution >= 0.6 is 23.2 Å². The zero-order chi connectivity index (χ0) is 16.3. The van der Waals surface area contributed by atoms with E-state index in [1.165, 1.54) is 18.2 Å². The number of aliphatic hydroxyl groups excluding tert-OH is 1. The summed E-state index contributed by atoms with van der Waals surface area (Å²) in [5.41, 5.74) is -0.117. The van der Waals surface area contributed by atoms with Gasteiger partial charge in [-0.3, -0.25) is 0 Å². The second-order valence-electron chi connectivity index (χ2n) is 4.53. The number of nitrogens with one attached hydrogen (secondary N) is 1. The third-order valence-electron chi connectivity index (χ3n) is 2.91. The molecule has 114 valence electrons. The number of nitrogens with zero attached hydrogens (tertiary/aromatic N) is 1. The zero-order valence-electron chi connectivity index (χ0n) is 11.1. The number of benzene rings is 2. The van der Waals surface area contributed by atoms with Crippen LogP contribution in [-0.2, 0) is 0 Å². The smallest absolute Gasteiger partial charge is 0.150 e. The largest absolute Gasteiger partial charge is 0.387 e. The molecule has 0 bridgehead atoms. The van der Waals surface area contributed by atoms with Gasteiger partial charge in [-0.2, -0.15) is 5.26 Å². The summed E-state index contributed by atoms with van der Waals surface area (Å²) in [6.45, 7) is -0.156. The molecule has 2 N–H and O–H groups in total. The van der Waals surface area contributed by atoms with Crippen molar-refractivity contribution in [3.63, 3.8) is 0 Å². The lowest BCUT2D eigenvalue weighted by molar-refractivity contribution is 0.191. The number of hydrogen-bond acceptors (Lipinski definition) is 3. The summed E-state index contributed by atoms with van der Waals surface area (Å²) in [4.78, 5) is 0. The number of rotatable bonds is 4. The number of nitriles is 1. The Kier molecular flexibility index (Phi) is 5.19. The average Bonchev–Trinajstić information content (AvgIpc) is 2.44. The van der Waals surface area contributed by atoms with Crippen LogP contribution < -0.4 is 5.32 Å². The molecule has 22 heavy (non-hydrogen) atoms. The van der Waals surface area contributed by atoms with E-state index in [9.17, 15) is 13.9 Å². The molecule has 2 rings (SSSR count). The van der Waals surface area contributed by atoms with Gasteiger partial charge in [0.25, 0.3) is 0 Å². The highest BCUT2D eigenvalue weighted by molar-refractivity contribution is 6.34. The second kappa shape index (κ2) is 6.93. The van der Waals surface area contributed by atoms with E-state index in [2.05, 4.69) is 5.32 Å². The average molecular weight is 343 g/mol. The van der Waals surface area contributed by atoms with Crippen molar-refractivity contribution in [1.82, 2.24) is 0 Å². The first-order valence-corrected chi connectivity index (χ1v) is 6.93. The summed E-state index contributed by atoms with van der Waals surface area (Å²) < 4.78 is 27.4. The number of hydrogen-bond donors (Lipinski definition) is 2. The molecule has 0 amide bonds.